The fourth-order valence-electron chi connectivity index (χ4n) is 1.82. The van der Waals surface area contributed by atoms with Crippen LogP contribution in [-0.4, -0.2) is 0 Å². The molecule has 1 aromatic carbocycles. The van der Waals surface area contributed by atoms with Crippen molar-refractivity contribution in [1.29, 1.82) is 0 Å². The number of hydrogen-bond acceptors (Lipinski definition) is 0. The molecule has 0 aromatic heterocycles. The summed E-state index contributed by atoms with van der Waals surface area (Å²) in [6, 6.07) is 6.93. The zero-order chi connectivity index (χ0) is 11.3. The molecule has 0 nitrogen and oxygen atoms in total. The Kier molecular flexibility index (Phi) is 4.61. The van der Waals surface area contributed by atoms with Crippen molar-refractivity contribution in [3.05, 3.63) is 46.5 Å². The molecule has 0 amide bonds. The smallest absolute Gasteiger partial charge is 0.00948 e. The Morgan fingerprint density at radius 2 is 1.80 bits per heavy atom. The topological polar surface area (TPSA) is 0 Å². The summed E-state index contributed by atoms with van der Waals surface area (Å²) in [5.41, 5.74) is 5.71. The summed E-state index contributed by atoms with van der Waals surface area (Å²) in [5, 5.41) is 0. The molecule has 0 aliphatic heterocycles. The molecule has 0 radical (unpaired) electrons. The van der Waals surface area contributed by atoms with E-state index in [2.05, 4.69) is 52.0 Å². The predicted molar refractivity (Wildman–Crippen MR) is 68.3 cm³/mol. The number of aryl methyl sites for hydroxylation is 2. The molecule has 0 saturated heterocycles. The summed E-state index contributed by atoms with van der Waals surface area (Å²) in [5.74, 6) is 0. The highest BCUT2D eigenvalue weighted by atomic mass is 14.0. The molecule has 0 fully saturated rings. The maximum Gasteiger partial charge on any atom is -0.00948 e. The molecular weight excluding hydrogens is 180 g/mol. The van der Waals surface area contributed by atoms with Crippen molar-refractivity contribution in [2.24, 2.45) is 0 Å². The van der Waals surface area contributed by atoms with Gasteiger partial charge < -0.3 is 0 Å². The molecule has 0 bridgehead atoms. The van der Waals surface area contributed by atoms with Gasteiger partial charge in [0.2, 0.25) is 0 Å². The van der Waals surface area contributed by atoms with E-state index in [-0.39, 0.29) is 0 Å². The van der Waals surface area contributed by atoms with Gasteiger partial charge in [0.05, 0.1) is 0 Å². The second kappa shape index (κ2) is 5.75. The van der Waals surface area contributed by atoms with E-state index in [1.807, 2.05) is 0 Å². The van der Waals surface area contributed by atoms with Gasteiger partial charge in [-0.25, -0.2) is 0 Å². The molecule has 1 rings (SSSR count). The highest BCUT2D eigenvalue weighted by Gasteiger charge is 1.97. The van der Waals surface area contributed by atoms with Gasteiger partial charge >= 0.3 is 0 Å². The Hall–Kier alpha value is -1.04. The molecular formula is C15H22. The summed E-state index contributed by atoms with van der Waals surface area (Å²) in [6.07, 6.45) is 5.79. The van der Waals surface area contributed by atoms with Gasteiger partial charge in [0.15, 0.2) is 0 Å². The van der Waals surface area contributed by atoms with Crippen LogP contribution >= 0.6 is 0 Å². The summed E-state index contributed by atoms with van der Waals surface area (Å²) in [7, 11) is 0. The molecule has 82 valence electrons. The lowest BCUT2D eigenvalue weighted by Gasteiger charge is -2.05. The predicted octanol–water partition coefficient (Wildman–Crippen LogP) is 4.46. The van der Waals surface area contributed by atoms with Gasteiger partial charge in [0.1, 0.15) is 0 Å². The third-order valence-corrected chi connectivity index (χ3v) is 2.48. The van der Waals surface area contributed by atoms with Crippen molar-refractivity contribution in [2.45, 2.75) is 47.0 Å². The minimum atomic E-state index is 1.07. The molecule has 0 aliphatic carbocycles. The zero-order valence-electron chi connectivity index (χ0n) is 10.4. The lowest BCUT2D eigenvalue weighted by Crippen LogP contribution is -1.90. The monoisotopic (exact) mass is 202 g/mol. The second-order valence-electron chi connectivity index (χ2n) is 4.56. The molecule has 1 aromatic rings. The molecule has 0 unspecified atom stereocenters. The van der Waals surface area contributed by atoms with Gasteiger partial charge in [-0.3, -0.25) is 0 Å². The first kappa shape index (κ1) is 12.0. The van der Waals surface area contributed by atoms with E-state index in [9.17, 15) is 0 Å². The van der Waals surface area contributed by atoms with Gasteiger partial charge in [-0.1, -0.05) is 48.8 Å². The van der Waals surface area contributed by atoms with Crippen molar-refractivity contribution in [3.8, 4) is 0 Å². The van der Waals surface area contributed by atoms with E-state index in [4.69, 9.17) is 0 Å². The van der Waals surface area contributed by atoms with E-state index in [1.165, 1.54) is 35.1 Å². The largest absolute Gasteiger partial charge is 0.0815 e. The Bertz CT molecular complexity index is 341. The van der Waals surface area contributed by atoms with E-state index in [1.54, 1.807) is 0 Å². The van der Waals surface area contributed by atoms with Crippen molar-refractivity contribution in [2.75, 3.05) is 0 Å². The SMILES string of the molecule is CCCc1cc(C)cc(CC=C(C)C)c1. The van der Waals surface area contributed by atoms with Gasteiger partial charge in [0, 0.05) is 0 Å². The quantitative estimate of drug-likeness (QED) is 0.632. The highest BCUT2D eigenvalue weighted by molar-refractivity contribution is 5.31. The molecule has 0 heterocycles. The average molecular weight is 202 g/mol. The molecule has 15 heavy (non-hydrogen) atoms. The first-order chi connectivity index (χ1) is 7.11. The fraction of sp³-hybridized carbons (Fsp3) is 0.467. The van der Waals surface area contributed by atoms with Gasteiger partial charge in [-0.05, 0) is 44.7 Å². The Balaban J connectivity index is 2.83. The van der Waals surface area contributed by atoms with E-state index >= 15 is 0 Å². The molecule has 0 N–H and O–H groups in total. The van der Waals surface area contributed by atoms with Crippen LogP contribution in [0.4, 0.5) is 0 Å². The van der Waals surface area contributed by atoms with Gasteiger partial charge in [-0.15, -0.1) is 0 Å². The van der Waals surface area contributed by atoms with Crippen LogP contribution in [0.5, 0.6) is 0 Å². The molecule has 0 aliphatic rings. The molecule has 0 spiro atoms. The van der Waals surface area contributed by atoms with Gasteiger partial charge in [-0.2, -0.15) is 0 Å². The first-order valence-corrected chi connectivity index (χ1v) is 5.84. The van der Waals surface area contributed by atoms with Gasteiger partial charge in [0.25, 0.3) is 0 Å². The van der Waals surface area contributed by atoms with Crippen LogP contribution in [0.1, 0.15) is 43.9 Å². The average Bonchev–Trinajstić information content (AvgIpc) is 2.14. The standard InChI is InChI=1S/C15H22/c1-5-6-14-9-13(4)10-15(11-14)8-7-12(2)3/h7,9-11H,5-6,8H2,1-4H3. The molecule has 0 heteroatoms. The number of rotatable bonds is 4. The summed E-state index contributed by atoms with van der Waals surface area (Å²) in [4.78, 5) is 0. The molecule has 0 saturated carbocycles. The van der Waals surface area contributed by atoms with Crippen molar-refractivity contribution >= 4 is 0 Å². The Morgan fingerprint density at radius 3 is 2.40 bits per heavy atom. The van der Waals surface area contributed by atoms with Crippen LogP contribution in [-0.2, 0) is 12.8 Å². The van der Waals surface area contributed by atoms with E-state index in [0.29, 0.717) is 0 Å². The van der Waals surface area contributed by atoms with Crippen LogP contribution in [0, 0.1) is 6.92 Å². The van der Waals surface area contributed by atoms with Crippen LogP contribution in [0.25, 0.3) is 0 Å². The summed E-state index contributed by atoms with van der Waals surface area (Å²) in [6.45, 7) is 8.73. The molecule has 0 atom stereocenters. The van der Waals surface area contributed by atoms with E-state index < -0.39 is 0 Å². The lowest BCUT2D eigenvalue weighted by atomic mass is 10.0. The zero-order valence-corrected chi connectivity index (χ0v) is 10.4. The highest BCUT2D eigenvalue weighted by Crippen LogP contribution is 2.13. The van der Waals surface area contributed by atoms with Crippen molar-refractivity contribution in [1.82, 2.24) is 0 Å². The second-order valence-corrected chi connectivity index (χ2v) is 4.56. The normalized spacial score (nSPS) is 10.1. The minimum absolute atomic E-state index is 1.07. The van der Waals surface area contributed by atoms with Crippen LogP contribution in [0.3, 0.4) is 0 Å². The lowest BCUT2D eigenvalue weighted by molar-refractivity contribution is 0.917. The van der Waals surface area contributed by atoms with Crippen LogP contribution in [0.15, 0.2) is 29.8 Å². The van der Waals surface area contributed by atoms with Crippen LogP contribution < -0.4 is 0 Å². The number of benzene rings is 1. The summed E-state index contributed by atoms with van der Waals surface area (Å²) < 4.78 is 0. The summed E-state index contributed by atoms with van der Waals surface area (Å²) >= 11 is 0. The van der Waals surface area contributed by atoms with Crippen molar-refractivity contribution < 1.29 is 0 Å². The van der Waals surface area contributed by atoms with Crippen LogP contribution in [0.2, 0.25) is 0 Å². The number of hydrogen-bond donors (Lipinski definition) is 0. The third kappa shape index (κ3) is 4.33. The third-order valence-electron chi connectivity index (χ3n) is 2.48. The van der Waals surface area contributed by atoms with Crippen molar-refractivity contribution in [3.63, 3.8) is 0 Å². The maximum absolute atomic E-state index is 2.34. The Labute approximate surface area is 94.0 Å². The Morgan fingerprint density at radius 1 is 1.13 bits per heavy atom. The number of allylic oxidation sites excluding steroid dienone is 2. The first-order valence-electron chi connectivity index (χ1n) is 5.84. The maximum atomic E-state index is 2.34. The minimum Gasteiger partial charge on any atom is -0.0815 e. The fourth-order valence-corrected chi connectivity index (χ4v) is 1.82. The van der Waals surface area contributed by atoms with E-state index in [0.717, 1.165) is 6.42 Å².